The Kier molecular flexibility index (Phi) is 4.28. The Morgan fingerprint density at radius 2 is 1.68 bits per heavy atom. The Hall–Kier alpha value is -1.31. The first-order chi connectivity index (χ1) is 9.00. The van der Waals surface area contributed by atoms with Crippen LogP contribution in [-0.4, -0.2) is 11.9 Å². The number of carbonyl (C=O) groups is 1. The van der Waals surface area contributed by atoms with Gasteiger partial charge in [0.1, 0.15) is 0 Å². The van der Waals surface area contributed by atoms with E-state index in [2.05, 4.69) is 12.2 Å². The zero-order valence-corrected chi connectivity index (χ0v) is 12.3. The first-order valence-electron chi connectivity index (χ1n) is 7.36. The molecule has 1 aliphatic rings. The summed E-state index contributed by atoms with van der Waals surface area (Å²) in [6, 6.07) is 10.4. The second kappa shape index (κ2) is 5.77. The first-order valence-corrected chi connectivity index (χ1v) is 7.36. The Balaban J connectivity index is 1.99. The Labute approximate surface area is 116 Å². The number of hydrogen-bond acceptors (Lipinski definition) is 1. The quantitative estimate of drug-likeness (QED) is 0.882. The molecule has 0 aliphatic heterocycles. The Morgan fingerprint density at radius 3 is 2.26 bits per heavy atom. The second-order valence-corrected chi connectivity index (χ2v) is 6.42. The Bertz CT molecular complexity index is 416. The average Bonchev–Trinajstić information content (AvgIpc) is 2.42. The van der Waals surface area contributed by atoms with E-state index in [0.29, 0.717) is 6.04 Å². The van der Waals surface area contributed by atoms with E-state index >= 15 is 0 Å². The standard InChI is InChI=1S/C17H25NO/c1-13-9-11-15(12-10-13)18-16(19)17(2,3)14-7-5-4-6-8-14/h4-8,13,15H,9-12H2,1-3H3,(H,18,19). The van der Waals surface area contributed by atoms with E-state index in [4.69, 9.17) is 0 Å². The average molecular weight is 259 g/mol. The predicted octanol–water partition coefficient (Wildman–Crippen LogP) is 3.66. The van der Waals surface area contributed by atoms with Crippen LogP contribution in [0.25, 0.3) is 0 Å². The topological polar surface area (TPSA) is 29.1 Å². The number of amides is 1. The maximum absolute atomic E-state index is 12.5. The molecule has 1 aromatic rings. The lowest BCUT2D eigenvalue weighted by Crippen LogP contribution is -2.46. The third kappa shape index (κ3) is 3.37. The van der Waals surface area contributed by atoms with E-state index in [1.165, 1.54) is 12.8 Å². The molecule has 1 aromatic carbocycles. The van der Waals surface area contributed by atoms with Gasteiger partial charge in [-0.1, -0.05) is 37.3 Å². The van der Waals surface area contributed by atoms with Gasteiger partial charge in [0.05, 0.1) is 5.41 Å². The van der Waals surface area contributed by atoms with Gasteiger partial charge >= 0.3 is 0 Å². The van der Waals surface area contributed by atoms with Crippen LogP contribution < -0.4 is 5.32 Å². The highest BCUT2D eigenvalue weighted by Crippen LogP contribution is 2.26. The highest BCUT2D eigenvalue weighted by atomic mass is 16.2. The van der Waals surface area contributed by atoms with E-state index in [9.17, 15) is 4.79 Å². The normalized spacial score (nSPS) is 23.9. The van der Waals surface area contributed by atoms with E-state index in [1.54, 1.807) is 0 Å². The lowest BCUT2D eigenvalue weighted by molar-refractivity contribution is -0.126. The van der Waals surface area contributed by atoms with Crippen molar-refractivity contribution in [3.8, 4) is 0 Å². The summed E-state index contributed by atoms with van der Waals surface area (Å²) >= 11 is 0. The minimum Gasteiger partial charge on any atom is -0.353 e. The van der Waals surface area contributed by atoms with Crippen LogP contribution in [0.2, 0.25) is 0 Å². The van der Waals surface area contributed by atoms with Crippen molar-refractivity contribution in [1.29, 1.82) is 0 Å². The van der Waals surface area contributed by atoms with Crippen molar-refractivity contribution in [3.05, 3.63) is 35.9 Å². The highest BCUT2D eigenvalue weighted by molar-refractivity contribution is 5.87. The van der Waals surface area contributed by atoms with Crippen LogP contribution in [0.15, 0.2) is 30.3 Å². The van der Waals surface area contributed by atoms with Crippen molar-refractivity contribution in [2.45, 2.75) is 57.9 Å². The number of benzene rings is 1. The fourth-order valence-electron chi connectivity index (χ4n) is 2.76. The van der Waals surface area contributed by atoms with Gasteiger partial charge in [-0.3, -0.25) is 4.79 Å². The van der Waals surface area contributed by atoms with Crippen LogP contribution in [-0.2, 0) is 10.2 Å². The minimum absolute atomic E-state index is 0.151. The molecule has 0 bridgehead atoms. The molecule has 0 unspecified atom stereocenters. The smallest absolute Gasteiger partial charge is 0.230 e. The maximum Gasteiger partial charge on any atom is 0.230 e. The summed E-state index contributed by atoms with van der Waals surface area (Å²) in [5.74, 6) is 0.966. The van der Waals surface area contributed by atoms with Gasteiger partial charge in [0.15, 0.2) is 0 Å². The van der Waals surface area contributed by atoms with Crippen molar-refractivity contribution in [3.63, 3.8) is 0 Å². The molecule has 2 nitrogen and oxygen atoms in total. The number of rotatable bonds is 3. The molecule has 0 saturated heterocycles. The molecule has 2 rings (SSSR count). The summed E-state index contributed by atoms with van der Waals surface area (Å²) in [5, 5.41) is 3.24. The molecule has 19 heavy (non-hydrogen) atoms. The maximum atomic E-state index is 12.5. The van der Waals surface area contributed by atoms with Gasteiger partial charge in [-0.05, 0) is 51.0 Å². The molecule has 0 atom stereocenters. The number of carbonyl (C=O) groups excluding carboxylic acids is 1. The molecule has 2 heteroatoms. The largest absolute Gasteiger partial charge is 0.353 e. The molecule has 1 saturated carbocycles. The highest BCUT2D eigenvalue weighted by Gasteiger charge is 2.31. The summed E-state index contributed by atoms with van der Waals surface area (Å²) in [6.45, 7) is 6.30. The van der Waals surface area contributed by atoms with Crippen LogP contribution >= 0.6 is 0 Å². The monoisotopic (exact) mass is 259 g/mol. The van der Waals surface area contributed by atoms with Crippen molar-refractivity contribution >= 4 is 5.91 Å². The summed E-state index contributed by atoms with van der Waals surface area (Å²) in [6.07, 6.45) is 4.71. The molecule has 1 fully saturated rings. The van der Waals surface area contributed by atoms with Crippen LogP contribution in [0.5, 0.6) is 0 Å². The Morgan fingerprint density at radius 1 is 1.11 bits per heavy atom. The zero-order valence-electron chi connectivity index (χ0n) is 12.3. The molecule has 0 aromatic heterocycles. The summed E-state index contributed by atoms with van der Waals surface area (Å²) in [4.78, 5) is 12.5. The van der Waals surface area contributed by atoms with Crippen molar-refractivity contribution in [1.82, 2.24) is 5.32 Å². The molecular formula is C17H25NO. The molecule has 0 heterocycles. The molecule has 1 amide bonds. The third-order valence-electron chi connectivity index (χ3n) is 4.41. The van der Waals surface area contributed by atoms with Crippen molar-refractivity contribution in [2.75, 3.05) is 0 Å². The first kappa shape index (κ1) is 14.1. The fraction of sp³-hybridized carbons (Fsp3) is 0.588. The molecule has 1 N–H and O–H groups in total. The summed E-state index contributed by atoms with van der Waals surface area (Å²) in [7, 11) is 0. The number of hydrogen-bond donors (Lipinski definition) is 1. The van der Waals surface area contributed by atoms with Gasteiger partial charge in [0.2, 0.25) is 5.91 Å². The third-order valence-corrected chi connectivity index (χ3v) is 4.41. The minimum atomic E-state index is -0.454. The van der Waals surface area contributed by atoms with Crippen LogP contribution in [0.3, 0.4) is 0 Å². The van der Waals surface area contributed by atoms with Gasteiger partial charge < -0.3 is 5.32 Å². The van der Waals surface area contributed by atoms with E-state index < -0.39 is 5.41 Å². The van der Waals surface area contributed by atoms with E-state index in [0.717, 1.165) is 24.3 Å². The molecule has 0 radical (unpaired) electrons. The summed E-state index contributed by atoms with van der Waals surface area (Å²) in [5.41, 5.74) is 0.626. The van der Waals surface area contributed by atoms with E-state index in [-0.39, 0.29) is 5.91 Å². The fourth-order valence-corrected chi connectivity index (χ4v) is 2.76. The van der Waals surface area contributed by atoms with Crippen molar-refractivity contribution in [2.24, 2.45) is 5.92 Å². The van der Waals surface area contributed by atoms with Crippen LogP contribution in [0.4, 0.5) is 0 Å². The van der Waals surface area contributed by atoms with Crippen LogP contribution in [0, 0.1) is 5.92 Å². The van der Waals surface area contributed by atoms with Crippen molar-refractivity contribution < 1.29 is 4.79 Å². The lowest BCUT2D eigenvalue weighted by Gasteiger charge is -2.31. The van der Waals surface area contributed by atoms with E-state index in [1.807, 2.05) is 44.2 Å². The van der Waals surface area contributed by atoms with Gasteiger partial charge in [-0.2, -0.15) is 0 Å². The lowest BCUT2D eigenvalue weighted by atomic mass is 9.82. The molecular weight excluding hydrogens is 234 g/mol. The van der Waals surface area contributed by atoms with Gasteiger partial charge in [0, 0.05) is 6.04 Å². The predicted molar refractivity (Wildman–Crippen MR) is 79.0 cm³/mol. The van der Waals surface area contributed by atoms with Crippen LogP contribution in [0.1, 0.15) is 52.0 Å². The molecule has 1 aliphatic carbocycles. The second-order valence-electron chi connectivity index (χ2n) is 6.42. The van der Waals surface area contributed by atoms with Gasteiger partial charge in [-0.25, -0.2) is 0 Å². The number of nitrogens with one attached hydrogen (secondary N) is 1. The van der Waals surface area contributed by atoms with Gasteiger partial charge in [-0.15, -0.1) is 0 Å². The summed E-state index contributed by atoms with van der Waals surface area (Å²) < 4.78 is 0. The molecule has 104 valence electrons. The molecule has 0 spiro atoms. The van der Waals surface area contributed by atoms with Gasteiger partial charge in [0.25, 0.3) is 0 Å². The zero-order chi connectivity index (χ0) is 13.9. The SMILES string of the molecule is CC1CCC(NC(=O)C(C)(C)c2ccccc2)CC1.